The molecule has 0 N–H and O–H groups in total. The molecule has 0 aromatic heterocycles. The van der Waals surface area contributed by atoms with Crippen molar-refractivity contribution in [2.45, 2.75) is 232 Å². The molecular weight excluding hydrogens is 805 g/mol. The Morgan fingerprint density at radius 2 is 0.600 bits per heavy atom. The van der Waals surface area contributed by atoms with Crippen LogP contribution in [0.25, 0.3) is 0 Å². The second kappa shape index (κ2) is 52.7. The highest BCUT2D eigenvalue weighted by atomic mass is 16.6. The summed E-state index contributed by atoms with van der Waals surface area (Å²) in [5.74, 6) is -0.941. The zero-order valence-corrected chi connectivity index (χ0v) is 42.0. The second-order valence-corrected chi connectivity index (χ2v) is 17.0. The van der Waals surface area contributed by atoms with Gasteiger partial charge in [0.2, 0.25) is 0 Å². The van der Waals surface area contributed by atoms with E-state index < -0.39 is 6.10 Å². The Labute approximate surface area is 400 Å². The Balaban J connectivity index is 4.18. The van der Waals surface area contributed by atoms with Gasteiger partial charge in [0.1, 0.15) is 13.2 Å². The van der Waals surface area contributed by atoms with E-state index in [1.807, 2.05) is 0 Å². The summed E-state index contributed by atoms with van der Waals surface area (Å²) in [5, 5.41) is 0. The van der Waals surface area contributed by atoms with Crippen LogP contribution in [0, 0.1) is 0 Å². The first kappa shape index (κ1) is 61.1. The quantitative estimate of drug-likeness (QED) is 0.0262. The molecule has 0 bridgehead atoms. The van der Waals surface area contributed by atoms with Crippen molar-refractivity contribution in [1.29, 1.82) is 0 Å². The van der Waals surface area contributed by atoms with Gasteiger partial charge in [-0.2, -0.15) is 0 Å². The summed E-state index contributed by atoms with van der Waals surface area (Å²) >= 11 is 0. The van der Waals surface area contributed by atoms with E-state index >= 15 is 0 Å². The Morgan fingerprint density at radius 3 is 0.938 bits per heavy atom. The van der Waals surface area contributed by atoms with Crippen LogP contribution in [0.5, 0.6) is 0 Å². The molecule has 1 unspecified atom stereocenters. The van der Waals surface area contributed by atoms with E-state index in [0.717, 1.165) is 148 Å². The van der Waals surface area contributed by atoms with E-state index in [1.54, 1.807) is 0 Å². The summed E-state index contributed by atoms with van der Waals surface area (Å²) in [5.41, 5.74) is 0. The van der Waals surface area contributed by atoms with Crippen LogP contribution in [-0.2, 0) is 28.6 Å². The molecule has 0 heterocycles. The van der Waals surface area contributed by atoms with Gasteiger partial charge < -0.3 is 14.2 Å². The fourth-order valence-electron chi connectivity index (χ4n) is 6.87. The molecule has 0 amide bonds. The van der Waals surface area contributed by atoms with Crippen molar-refractivity contribution in [2.75, 3.05) is 13.2 Å². The van der Waals surface area contributed by atoms with Crippen LogP contribution >= 0.6 is 0 Å². The molecule has 368 valence electrons. The van der Waals surface area contributed by atoms with Crippen molar-refractivity contribution in [1.82, 2.24) is 0 Å². The molecule has 0 saturated carbocycles. The zero-order chi connectivity index (χ0) is 47.2. The Kier molecular flexibility index (Phi) is 49.5. The lowest BCUT2D eigenvalue weighted by Crippen LogP contribution is -2.30. The maximum absolute atomic E-state index is 12.7. The fraction of sp³-hybridized carbons (Fsp3) is 0.644. The molecule has 0 radical (unpaired) electrons. The normalized spacial score (nSPS) is 13.0. The van der Waals surface area contributed by atoms with Gasteiger partial charge in [0.15, 0.2) is 6.10 Å². The molecule has 65 heavy (non-hydrogen) atoms. The van der Waals surface area contributed by atoms with Crippen molar-refractivity contribution < 1.29 is 28.6 Å². The molecule has 1 atom stereocenters. The van der Waals surface area contributed by atoms with E-state index in [-0.39, 0.29) is 31.1 Å². The maximum atomic E-state index is 12.7. The van der Waals surface area contributed by atoms with E-state index in [4.69, 9.17) is 14.2 Å². The molecule has 0 aromatic rings. The zero-order valence-electron chi connectivity index (χ0n) is 42.0. The third-order valence-electron chi connectivity index (χ3n) is 10.8. The smallest absolute Gasteiger partial charge is 0.306 e. The number of esters is 3. The third kappa shape index (κ3) is 50.9. The van der Waals surface area contributed by atoms with Crippen molar-refractivity contribution in [3.8, 4) is 0 Å². The van der Waals surface area contributed by atoms with Crippen molar-refractivity contribution in [2.24, 2.45) is 0 Å². The summed E-state index contributed by atoms with van der Waals surface area (Å²) in [6.45, 7) is 6.29. The topological polar surface area (TPSA) is 78.9 Å². The van der Waals surface area contributed by atoms with Gasteiger partial charge in [-0.1, -0.05) is 214 Å². The molecule has 6 nitrogen and oxygen atoms in total. The highest BCUT2D eigenvalue weighted by Crippen LogP contribution is 2.14. The number of hydrogen-bond acceptors (Lipinski definition) is 6. The van der Waals surface area contributed by atoms with Gasteiger partial charge in [0, 0.05) is 19.3 Å². The third-order valence-corrected chi connectivity index (χ3v) is 10.8. The lowest BCUT2D eigenvalue weighted by atomic mass is 10.1. The van der Waals surface area contributed by atoms with Crippen molar-refractivity contribution >= 4 is 17.9 Å². The molecule has 0 aliphatic heterocycles. The van der Waals surface area contributed by atoms with Crippen LogP contribution in [0.1, 0.15) is 226 Å². The van der Waals surface area contributed by atoms with E-state index in [2.05, 4.69) is 130 Å². The van der Waals surface area contributed by atoms with E-state index in [1.165, 1.54) is 38.5 Å². The first-order chi connectivity index (χ1) is 32.0. The van der Waals surface area contributed by atoms with E-state index in [0.29, 0.717) is 19.3 Å². The lowest BCUT2D eigenvalue weighted by molar-refractivity contribution is -0.167. The fourth-order valence-corrected chi connectivity index (χ4v) is 6.87. The Morgan fingerprint density at radius 1 is 0.323 bits per heavy atom. The minimum absolute atomic E-state index is 0.0922. The van der Waals surface area contributed by atoms with Crippen LogP contribution in [-0.4, -0.2) is 37.2 Å². The van der Waals surface area contributed by atoms with Gasteiger partial charge in [-0.3, -0.25) is 14.4 Å². The summed E-state index contributed by atoms with van der Waals surface area (Å²) in [6.07, 6.45) is 71.1. The predicted molar refractivity (Wildman–Crippen MR) is 279 cm³/mol. The van der Waals surface area contributed by atoms with Gasteiger partial charge in [0.25, 0.3) is 0 Å². The largest absolute Gasteiger partial charge is 0.462 e. The summed E-state index contributed by atoms with van der Waals surface area (Å²) in [7, 11) is 0. The molecule has 0 aromatic carbocycles. The Bertz CT molecular complexity index is 1360. The lowest BCUT2D eigenvalue weighted by Gasteiger charge is -2.18. The molecule has 6 heteroatoms. The molecular formula is C59H96O6. The van der Waals surface area contributed by atoms with Gasteiger partial charge in [0.05, 0.1) is 0 Å². The standard InChI is InChI=1S/C59H96O6/c1-4-7-10-13-15-17-19-21-23-25-26-27-28-29-30-31-32-34-35-37-39-41-43-46-49-52-58(61)64-55-56(54-63-57(60)51-48-45-12-9-6-3)65-59(62)53-50-47-44-42-40-38-36-33-24-22-20-18-16-14-11-8-5-2/h7-8,10-11,15-18,21-24,26-27,29-30,36,38,56H,4-6,9,12-14,19-20,25,28,31-35,37,39-55H2,1-3H3/b10-7-,11-8-,17-15-,18-16-,23-21-,24-22-,27-26-,30-29-,38-36-. The maximum Gasteiger partial charge on any atom is 0.306 e. The van der Waals surface area contributed by atoms with E-state index in [9.17, 15) is 14.4 Å². The SMILES string of the molecule is CC/C=C\C/C=C\C/C=C\C/C=C\C/C=C\CCCCCCCCCCCC(=O)OCC(COC(=O)CCCCCCC)OC(=O)CCCCCC/C=C\C/C=C\C/C=C\C/C=C\CC. The predicted octanol–water partition coefficient (Wildman–Crippen LogP) is 17.5. The number of unbranched alkanes of at least 4 members (excludes halogenated alkanes) is 17. The van der Waals surface area contributed by atoms with Crippen LogP contribution in [0.2, 0.25) is 0 Å². The molecule has 0 fully saturated rings. The molecule has 0 saturated heterocycles. The average molecular weight is 901 g/mol. The number of carbonyl (C=O) groups excluding carboxylic acids is 3. The van der Waals surface area contributed by atoms with Gasteiger partial charge >= 0.3 is 17.9 Å². The minimum atomic E-state index is -0.791. The monoisotopic (exact) mass is 901 g/mol. The van der Waals surface area contributed by atoms with Gasteiger partial charge in [-0.25, -0.2) is 0 Å². The number of hydrogen-bond donors (Lipinski definition) is 0. The van der Waals surface area contributed by atoms with Gasteiger partial charge in [-0.15, -0.1) is 0 Å². The first-order valence-electron chi connectivity index (χ1n) is 26.4. The van der Waals surface area contributed by atoms with Crippen molar-refractivity contribution in [3.63, 3.8) is 0 Å². The molecule has 0 rings (SSSR count). The van der Waals surface area contributed by atoms with Gasteiger partial charge in [-0.05, 0) is 103 Å². The number of allylic oxidation sites excluding steroid dienone is 18. The molecule has 0 spiro atoms. The highest BCUT2D eigenvalue weighted by molar-refractivity contribution is 5.71. The summed E-state index contributed by atoms with van der Waals surface area (Å²) < 4.78 is 16.7. The molecule has 0 aliphatic rings. The molecule has 0 aliphatic carbocycles. The van der Waals surface area contributed by atoms with Crippen molar-refractivity contribution in [3.05, 3.63) is 109 Å². The van der Waals surface area contributed by atoms with Crippen LogP contribution in [0.3, 0.4) is 0 Å². The van der Waals surface area contributed by atoms with Crippen LogP contribution in [0.4, 0.5) is 0 Å². The first-order valence-corrected chi connectivity index (χ1v) is 26.4. The number of ether oxygens (including phenoxy) is 3. The number of rotatable bonds is 46. The van der Waals surface area contributed by atoms with Crippen LogP contribution < -0.4 is 0 Å². The second-order valence-electron chi connectivity index (χ2n) is 17.0. The number of carbonyl (C=O) groups is 3. The Hall–Kier alpha value is -3.93. The highest BCUT2D eigenvalue weighted by Gasteiger charge is 2.19. The van der Waals surface area contributed by atoms with Crippen LogP contribution in [0.15, 0.2) is 109 Å². The average Bonchev–Trinajstić information content (AvgIpc) is 3.30. The summed E-state index contributed by atoms with van der Waals surface area (Å²) in [4.78, 5) is 37.7. The summed E-state index contributed by atoms with van der Waals surface area (Å²) in [6, 6.07) is 0. The minimum Gasteiger partial charge on any atom is -0.462 e.